The molecule has 1 N–H and O–H groups in total. The minimum atomic E-state index is -0.799. The molecule has 2 aromatic rings. The zero-order valence-electron chi connectivity index (χ0n) is 10.4. The van der Waals surface area contributed by atoms with Crippen LogP contribution in [0.15, 0.2) is 42.5 Å². The van der Waals surface area contributed by atoms with Crippen LogP contribution >= 0.6 is 0 Å². The van der Waals surface area contributed by atoms with E-state index >= 15 is 0 Å². The molecule has 0 aromatic heterocycles. The van der Waals surface area contributed by atoms with Crippen molar-refractivity contribution >= 4 is 5.69 Å². The van der Waals surface area contributed by atoms with Crippen LogP contribution in [0.4, 0.5) is 14.5 Å². The molecular formula is C14H15F2NO4. The Morgan fingerprint density at radius 2 is 1.81 bits per heavy atom. The number of nitrogens with zero attached hydrogens (tertiary/aromatic N) is 1. The summed E-state index contributed by atoms with van der Waals surface area (Å²) >= 11 is 0. The average Bonchev–Trinajstić information content (AvgIpc) is 2.42. The first-order valence-electron chi connectivity index (χ1n) is 5.37. The molecule has 7 heteroatoms. The quantitative estimate of drug-likeness (QED) is 0.674. The third-order valence-electron chi connectivity index (χ3n) is 2.19. The van der Waals surface area contributed by atoms with Crippen LogP contribution in [0, 0.1) is 21.7 Å². The van der Waals surface area contributed by atoms with E-state index in [1.807, 2.05) is 0 Å². The van der Waals surface area contributed by atoms with Crippen LogP contribution in [0.25, 0.3) is 0 Å². The molecule has 0 saturated heterocycles. The van der Waals surface area contributed by atoms with E-state index < -0.39 is 22.2 Å². The van der Waals surface area contributed by atoms with Gasteiger partial charge in [-0.1, -0.05) is 19.6 Å². The van der Waals surface area contributed by atoms with Crippen LogP contribution in [-0.2, 0) is 0 Å². The molecular weight excluding hydrogens is 284 g/mol. The minimum absolute atomic E-state index is 0. The smallest absolute Gasteiger partial charge is 0.304 e. The number of rotatable bonds is 2. The van der Waals surface area contributed by atoms with E-state index in [0.717, 1.165) is 24.3 Å². The van der Waals surface area contributed by atoms with E-state index in [1.165, 1.54) is 25.3 Å². The van der Waals surface area contributed by atoms with Crippen molar-refractivity contribution in [3.8, 4) is 11.5 Å². The monoisotopic (exact) mass is 299 g/mol. The summed E-state index contributed by atoms with van der Waals surface area (Å²) in [5.74, 6) is -1.12. The van der Waals surface area contributed by atoms with Gasteiger partial charge in [0.2, 0.25) is 5.82 Å². The largest absolute Gasteiger partial charge is 0.504 e. The van der Waals surface area contributed by atoms with Gasteiger partial charge in [0.05, 0.1) is 12.0 Å². The lowest BCUT2D eigenvalue weighted by Crippen LogP contribution is -1.90. The second-order valence-electron chi connectivity index (χ2n) is 3.52. The molecule has 2 rings (SSSR count). The van der Waals surface area contributed by atoms with Gasteiger partial charge in [-0.2, -0.15) is 4.39 Å². The molecule has 0 aliphatic rings. The van der Waals surface area contributed by atoms with E-state index in [9.17, 15) is 18.9 Å². The lowest BCUT2D eigenvalue weighted by Gasteiger charge is -2.00. The predicted molar refractivity (Wildman–Crippen MR) is 74.4 cm³/mol. The van der Waals surface area contributed by atoms with E-state index in [4.69, 9.17) is 5.11 Å². The molecule has 0 saturated carbocycles. The summed E-state index contributed by atoms with van der Waals surface area (Å²) in [4.78, 5) is 9.23. The molecule has 0 amide bonds. The average molecular weight is 299 g/mol. The third-order valence-corrected chi connectivity index (χ3v) is 2.19. The van der Waals surface area contributed by atoms with Crippen molar-refractivity contribution in [2.45, 2.75) is 7.43 Å². The number of methoxy groups -OCH3 is 1. The Balaban J connectivity index is 0.000000364. The van der Waals surface area contributed by atoms with Gasteiger partial charge in [0.1, 0.15) is 5.82 Å². The number of benzene rings is 2. The van der Waals surface area contributed by atoms with E-state index in [0.29, 0.717) is 0 Å². The summed E-state index contributed by atoms with van der Waals surface area (Å²) in [5, 5.41) is 18.9. The number of nitro benzene ring substituents is 1. The van der Waals surface area contributed by atoms with Crippen LogP contribution < -0.4 is 4.74 Å². The molecule has 0 unspecified atom stereocenters. The maximum Gasteiger partial charge on any atom is 0.304 e. The first-order valence-corrected chi connectivity index (χ1v) is 5.37. The first kappa shape index (κ1) is 18.3. The van der Waals surface area contributed by atoms with Crippen molar-refractivity contribution in [2.24, 2.45) is 0 Å². The number of hydrogen-bond acceptors (Lipinski definition) is 4. The van der Waals surface area contributed by atoms with Crippen molar-refractivity contribution in [1.82, 2.24) is 0 Å². The molecule has 2 aromatic carbocycles. The van der Waals surface area contributed by atoms with Gasteiger partial charge in [0.25, 0.3) is 0 Å². The summed E-state index contributed by atoms with van der Waals surface area (Å²) in [6.07, 6.45) is 0. The summed E-state index contributed by atoms with van der Waals surface area (Å²) in [6.45, 7) is 0. The molecule has 114 valence electrons. The fraction of sp³-hybridized carbons (Fsp3) is 0.143. The Hall–Kier alpha value is -2.70. The van der Waals surface area contributed by atoms with Crippen LogP contribution in [0.5, 0.6) is 11.5 Å². The van der Waals surface area contributed by atoms with Gasteiger partial charge in [-0.25, -0.2) is 4.39 Å². The molecule has 0 radical (unpaired) electrons. The van der Waals surface area contributed by atoms with Crippen molar-refractivity contribution in [3.63, 3.8) is 0 Å². The van der Waals surface area contributed by atoms with Gasteiger partial charge >= 0.3 is 5.69 Å². The highest BCUT2D eigenvalue weighted by atomic mass is 19.1. The summed E-state index contributed by atoms with van der Waals surface area (Å²) < 4.78 is 29.4. The van der Waals surface area contributed by atoms with Gasteiger partial charge in [0.15, 0.2) is 11.5 Å². The molecule has 0 spiro atoms. The number of ether oxygens (including phenoxy) is 1. The predicted octanol–water partition coefficient (Wildman–Crippen LogP) is 3.91. The van der Waals surface area contributed by atoms with Crippen LogP contribution in [-0.4, -0.2) is 17.1 Å². The number of phenols is 1. The van der Waals surface area contributed by atoms with Gasteiger partial charge in [-0.3, -0.25) is 10.1 Å². The molecule has 0 fully saturated rings. The molecule has 0 aliphatic heterocycles. The lowest BCUT2D eigenvalue weighted by molar-refractivity contribution is -0.387. The topological polar surface area (TPSA) is 72.6 Å². The Kier molecular flexibility index (Phi) is 7.38. The van der Waals surface area contributed by atoms with Crippen LogP contribution in [0.2, 0.25) is 0 Å². The highest BCUT2D eigenvalue weighted by molar-refractivity contribution is 5.38. The Bertz CT molecular complexity index is 605. The van der Waals surface area contributed by atoms with Crippen LogP contribution in [0.3, 0.4) is 0 Å². The molecule has 0 atom stereocenters. The SMILES string of the molecule is C.COc1cc(F)ccc1O.O=[N+]([O-])c1ccccc1F. The Morgan fingerprint density at radius 3 is 2.24 bits per heavy atom. The third kappa shape index (κ3) is 5.43. The maximum atomic E-state index is 12.4. The summed E-state index contributed by atoms with van der Waals surface area (Å²) in [7, 11) is 1.37. The van der Waals surface area contributed by atoms with Crippen molar-refractivity contribution in [1.29, 1.82) is 0 Å². The van der Waals surface area contributed by atoms with Gasteiger partial charge in [0, 0.05) is 12.1 Å². The number of phenolic OH excluding ortho intramolecular Hbond substituents is 1. The normalized spacial score (nSPS) is 8.90. The summed E-state index contributed by atoms with van der Waals surface area (Å²) in [6, 6.07) is 8.53. The first-order chi connectivity index (χ1) is 9.45. The van der Waals surface area contributed by atoms with Crippen LogP contribution in [0.1, 0.15) is 7.43 Å². The Labute approximate surface area is 120 Å². The zero-order valence-corrected chi connectivity index (χ0v) is 10.4. The van der Waals surface area contributed by atoms with Gasteiger partial charge in [-0.15, -0.1) is 0 Å². The molecule has 0 heterocycles. The van der Waals surface area contributed by atoms with Crippen molar-refractivity contribution < 1.29 is 23.5 Å². The molecule has 5 nitrogen and oxygen atoms in total. The Morgan fingerprint density at radius 1 is 1.19 bits per heavy atom. The fourth-order valence-electron chi connectivity index (χ4n) is 1.25. The number of para-hydroxylation sites is 1. The molecule has 0 bridgehead atoms. The highest BCUT2D eigenvalue weighted by Gasteiger charge is 2.10. The van der Waals surface area contributed by atoms with E-state index in [-0.39, 0.29) is 18.9 Å². The lowest BCUT2D eigenvalue weighted by atomic mass is 10.3. The highest BCUT2D eigenvalue weighted by Crippen LogP contribution is 2.25. The summed E-state index contributed by atoms with van der Waals surface area (Å²) in [5.41, 5.74) is -0.484. The number of nitro groups is 1. The number of halogens is 2. The maximum absolute atomic E-state index is 12.4. The zero-order chi connectivity index (χ0) is 15.1. The van der Waals surface area contributed by atoms with E-state index in [2.05, 4.69) is 4.74 Å². The van der Waals surface area contributed by atoms with E-state index in [1.54, 1.807) is 0 Å². The number of hydrogen-bond donors (Lipinski definition) is 1. The van der Waals surface area contributed by atoms with Crippen molar-refractivity contribution in [2.75, 3.05) is 7.11 Å². The number of aromatic hydroxyl groups is 1. The standard InChI is InChI=1S/C7H7FO2.C6H4FNO2.CH4/c1-10-7-4-5(8)2-3-6(7)9;7-5-3-1-2-4-6(5)8(9)10;/h2-4,9H,1H3;1-4H;1H4. The van der Waals surface area contributed by atoms with Gasteiger partial charge in [-0.05, 0) is 18.2 Å². The van der Waals surface area contributed by atoms with Gasteiger partial charge < -0.3 is 9.84 Å². The molecule has 21 heavy (non-hydrogen) atoms. The minimum Gasteiger partial charge on any atom is -0.504 e. The fourth-order valence-corrected chi connectivity index (χ4v) is 1.25. The van der Waals surface area contributed by atoms with Crippen molar-refractivity contribution in [3.05, 3.63) is 64.2 Å². The second-order valence-corrected chi connectivity index (χ2v) is 3.52. The second kappa shape index (κ2) is 8.47. The molecule has 0 aliphatic carbocycles.